The summed E-state index contributed by atoms with van der Waals surface area (Å²) in [7, 11) is 0.591. The molecule has 4 rings (SSSR count). The summed E-state index contributed by atoms with van der Waals surface area (Å²) in [6.45, 7) is 5.60. The molecule has 1 saturated heterocycles. The molecular weight excluding hydrogens is 390 g/mol. The lowest BCUT2D eigenvalue weighted by Gasteiger charge is -2.23. The molecule has 2 aromatic heterocycles. The molecule has 2 N–H and O–H groups in total. The zero-order chi connectivity index (χ0) is 20.2. The van der Waals surface area contributed by atoms with Gasteiger partial charge in [0.05, 0.1) is 29.8 Å². The maximum Gasteiger partial charge on any atom is 0.229 e. The van der Waals surface area contributed by atoms with Gasteiger partial charge in [0, 0.05) is 18.9 Å². The van der Waals surface area contributed by atoms with E-state index < -0.39 is 5.82 Å². The first kappa shape index (κ1) is 19.7. The minimum atomic E-state index is -0.501. The van der Waals surface area contributed by atoms with Crippen molar-refractivity contribution in [3.8, 4) is 0 Å². The molecule has 0 radical (unpaired) electrons. The van der Waals surface area contributed by atoms with Crippen molar-refractivity contribution >= 4 is 37.0 Å². The Kier molecular flexibility index (Phi) is 6.02. The van der Waals surface area contributed by atoms with Gasteiger partial charge in [-0.1, -0.05) is 26.8 Å². The summed E-state index contributed by atoms with van der Waals surface area (Å²) in [6, 6.07) is 8.16. The molecule has 1 atom stereocenters. The van der Waals surface area contributed by atoms with E-state index in [4.69, 9.17) is 4.74 Å². The van der Waals surface area contributed by atoms with Gasteiger partial charge in [-0.25, -0.2) is 9.37 Å². The van der Waals surface area contributed by atoms with Crippen LogP contribution in [-0.2, 0) is 4.74 Å². The van der Waals surface area contributed by atoms with Crippen LogP contribution in [0.15, 0.2) is 36.7 Å². The van der Waals surface area contributed by atoms with E-state index in [9.17, 15) is 4.39 Å². The van der Waals surface area contributed by atoms with Crippen molar-refractivity contribution in [3.05, 3.63) is 48.2 Å². The van der Waals surface area contributed by atoms with Crippen LogP contribution in [0.4, 0.5) is 27.5 Å². The molecule has 0 spiro atoms. The van der Waals surface area contributed by atoms with Gasteiger partial charge < -0.3 is 15.4 Å². The third-order valence-corrected chi connectivity index (χ3v) is 6.00. The van der Waals surface area contributed by atoms with Crippen LogP contribution in [0.5, 0.6) is 0 Å². The smallest absolute Gasteiger partial charge is 0.229 e. The Balaban J connectivity index is 1.54. The zero-order valence-corrected chi connectivity index (χ0v) is 17.4. The molecule has 29 heavy (non-hydrogen) atoms. The van der Waals surface area contributed by atoms with Crippen molar-refractivity contribution in [1.82, 2.24) is 19.7 Å². The first-order valence-electron chi connectivity index (χ1n) is 9.61. The molecule has 1 aliphatic heterocycles. The molecule has 1 unspecified atom stereocenters. The molecular formula is C20H24FN6OP. The van der Waals surface area contributed by atoms with Crippen molar-refractivity contribution in [1.29, 1.82) is 0 Å². The number of hydrogen-bond acceptors (Lipinski definition) is 6. The maximum absolute atomic E-state index is 14.3. The fraction of sp³-hybridized carbons (Fsp3) is 0.350. The summed E-state index contributed by atoms with van der Waals surface area (Å²) in [6.07, 6.45) is 4.83. The topological polar surface area (TPSA) is 76.9 Å². The average molecular weight is 414 g/mol. The van der Waals surface area contributed by atoms with Gasteiger partial charge in [0.2, 0.25) is 5.95 Å². The lowest BCUT2D eigenvalue weighted by Crippen LogP contribution is -2.21. The number of rotatable bonds is 6. The van der Waals surface area contributed by atoms with Gasteiger partial charge in [0.25, 0.3) is 0 Å². The highest BCUT2D eigenvalue weighted by atomic mass is 31.1. The van der Waals surface area contributed by atoms with E-state index in [0.717, 1.165) is 48.4 Å². The summed E-state index contributed by atoms with van der Waals surface area (Å²) in [5.74, 6) is -0.0398. The van der Waals surface area contributed by atoms with E-state index in [0.29, 0.717) is 20.6 Å². The van der Waals surface area contributed by atoms with Crippen LogP contribution >= 0.6 is 8.58 Å². The number of halogens is 1. The minimum Gasteiger partial charge on any atom is -0.381 e. The quantitative estimate of drug-likeness (QED) is 0.596. The van der Waals surface area contributed by atoms with Crippen molar-refractivity contribution in [3.63, 3.8) is 0 Å². The average Bonchev–Trinajstić information content (AvgIpc) is 3.11. The number of nitrogens with zero attached hydrogens (tertiary/aromatic N) is 4. The predicted octanol–water partition coefficient (Wildman–Crippen LogP) is 3.89. The van der Waals surface area contributed by atoms with E-state index in [1.54, 1.807) is 6.20 Å². The molecule has 1 aliphatic rings. The summed E-state index contributed by atoms with van der Waals surface area (Å²) < 4.78 is 21.8. The molecule has 9 heteroatoms. The number of aromatic nitrogens is 4. The van der Waals surface area contributed by atoms with Crippen molar-refractivity contribution in [2.45, 2.75) is 25.8 Å². The molecule has 0 amide bonds. The second-order valence-electron chi connectivity index (χ2n) is 6.87. The van der Waals surface area contributed by atoms with Crippen LogP contribution in [0.25, 0.3) is 0 Å². The highest BCUT2D eigenvalue weighted by Gasteiger charge is 2.20. The summed E-state index contributed by atoms with van der Waals surface area (Å²) in [4.78, 5) is 8.43. The van der Waals surface area contributed by atoms with E-state index in [1.807, 2.05) is 35.9 Å². The second kappa shape index (κ2) is 8.84. The van der Waals surface area contributed by atoms with Gasteiger partial charge in [-0.2, -0.15) is 10.1 Å². The van der Waals surface area contributed by atoms with Crippen molar-refractivity contribution in [2.24, 2.45) is 0 Å². The standard InChI is InChI=1S/C20H24FN6OP/c1-13-17(12-23-27(13)14-7-9-28-10-8-14)25-20-22-11-15(21)19(26-20)24-16-5-3-4-6-18(16)29-2/h3-6,11-12,14,29H,7-10H2,1-2H3,(H2,22,24,25,26). The summed E-state index contributed by atoms with van der Waals surface area (Å²) in [5.41, 5.74) is 2.65. The maximum atomic E-state index is 14.3. The molecule has 0 aliphatic carbocycles. The van der Waals surface area contributed by atoms with Gasteiger partial charge in [0.15, 0.2) is 11.6 Å². The van der Waals surface area contributed by atoms with Crippen LogP contribution in [0, 0.1) is 12.7 Å². The van der Waals surface area contributed by atoms with E-state index in [-0.39, 0.29) is 5.82 Å². The molecule has 0 saturated carbocycles. The Morgan fingerprint density at radius 3 is 2.72 bits per heavy atom. The Morgan fingerprint density at radius 2 is 1.93 bits per heavy atom. The third-order valence-electron chi connectivity index (χ3n) is 5.02. The van der Waals surface area contributed by atoms with Gasteiger partial charge in [-0.05, 0) is 37.8 Å². The Morgan fingerprint density at radius 1 is 1.14 bits per heavy atom. The third kappa shape index (κ3) is 4.38. The number of nitrogens with one attached hydrogen (secondary N) is 2. The number of anilines is 4. The van der Waals surface area contributed by atoms with Crippen LogP contribution in [0.1, 0.15) is 24.6 Å². The summed E-state index contributed by atoms with van der Waals surface area (Å²) in [5, 5.41) is 11.9. The molecule has 0 bridgehead atoms. The number of benzene rings is 1. The molecule has 1 fully saturated rings. The van der Waals surface area contributed by atoms with Gasteiger partial charge >= 0.3 is 0 Å². The first-order chi connectivity index (χ1) is 14.2. The predicted molar refractivity (Wildman–Crippen MR) is 115 cm³/mol. The highest BCUT2D eigenvalue weighted by Crippen LogP contribution is 2.27. The number of hydrogen-bond donors (Lipinski definition) is 2. The monoisotopic (exact) mass is 414 g/mol. The van der Waals surface area contributed by atoms with Crippen LogP contribution in [0.2, 0.25) is 0 Å². The Hall–Kier alpha value is -2.57. The van der Waals surface area contributed by atoms with Gasteiger partial charge in [-0.15, -0.1) is 0 Å². The van der Waals surface area contributed by atoms with Crippen molar-refractivity contribution < 1.29 is 9.13 Å². The molecule has 152 valence electrons. The fourth-order valence-corrected chi connectivity index (χ4v) is 4.10. The molecule has 3 heterocycles. The van der Waals surface area contributed by atoms with E-state index in [1.165, 1.54) is 6.20 Å². The SMILES string of the molecule is CPc1ccccc1Nc1nc(Nc2cnn(C3CCOCC3)c2C)ncc1F. The van der Waals surface area contributed by atoms with Crippen molar-refractivity contribution in [2.75, 3.05) is 30.5 Å². The van der Waals surface area contributed by atoms with E-state index >= 15 is 0 Å². The molecule has 3 aromatic rings. The Labute approximate surface area is 170 Å². The van der Waals surface area contributed by atoms with Gasteiger partial charge in [0.1, 0.15) is 0 Å². The van der Waals surface area contributed by atoms with Crippen LogP contribution < -0.4 is 15.9 Å². The van der Waals surface area contributed by atoms with Crippen LogP contribution in [-0.4, -0.2) is 39.6 Å². The van der Waals surface area contributed by atoms with Crippen LogP contribution in [0.3, 0.4) is 0 Å². The van der Waals surface area contributed by atoms with Gasteiger partial charge in [-0.3, -0.25) is 4.68 Å². The normalized spacial score (nSPS) is 15.1. The zero-order valence-electron chi connectivity index (χ0n) is 16.4. The number of para-hydroxylation sites is 1. The second-order valence-corrected chi connectivity index (χ2v) is 7.91. The number of ether oxygens (including phenoxy) is 1. The Bertz CT molecular complexity index is 989. The highest BCUT2D eigenvalue weighted by molar-refractivity contribution is 7.46. The lowest BCUT2D eigenvalue weighted by molar-refractivity contribution is 0.0657. The first-order valence-corrected chi connectivity index (χ1v) is 11.1. The lowest BCUT2D eigenvalue weighted by atomic mass is 10.1. The summed E-state index contributed by atoms with van der Waals surface area (Å²) >= 11 is 0. The molecule has 7 nitrogen and oxygen atoms in total. The molecule has 1 aromatic carbocycles. The fourth-order valence-electron chi connectivity index (χ4n) is 3.42. The minimum absolute atomic E-state index is 0.141. The largest absolute Gasteiger partial charge is 0.381 e. The van der Waals surface area contributed by atoms with E-state index in [2.05, 4.69) is 32.4 Å².